The van der Waals surface area contributed by atoms with Crippen LogP contribution < -0.4 is 15.4 Å². The first-order valence-corrected chi connectivity index (χ1v) is 8.35. The third-order valence-corrected chi connectivity index (χ3v) is 4.08. The Kier molecular flexibility index (Phi) is 6.43. The van der Waals surface area contributed by atoms with E-state index in [4.69, 9.17) is 40.2 Å². The lowest BCUT2D eigenvalue weighted by atomic mass is 10.1. The molecular weight excluding hydrogens is 367 g/mol. The van der Waals surface area contributed by atoms with E-state index < -0.39 is 5.91 Å². The Labute approximate surface area is 156 Å². The number of amides is 1. The summed E-state index contributed by atoms with van der Waals surface area (Å²) in [6.45, 7) is 2.08. The summed E-state index contributed by atoms with van der Waals surface area (Å²) in [5.41, 5.74) is 2.30. The molecule has 0 heterocycles. The molecule has 0 aliphatic heterocycles. The average Bonchev–Trinajstić information content (AvgIpc) is 2.55. The summed E-state index contributed by atoms with van der Waals surface area (Å²) < 4.78 is 5.06. The molecule has 2 aromatic carbocycles. The van der Waals surface area contributed by atoms with E-state index in [1.165, 1.54) is 24.8 Å². The molecule has 24 heavy (non-hydrogen) atoms. The van der Waals surface area contributed by atoms with Crippen molar-refractivity contribution in [3.8, 4) is 5.75 Å². The van der Waals surface area contributed by atoms with Crippen molar-refractivity contribution in [1.82, 2.24) is 5.32 Å². The Balaban J connectivity index is 2.04. The van der Waals surface area contributed by atoms with Crippen LogP contribution in [0.25, 0.3) is 0 Å². The lowest BCUT2D eigenvalue weighted by Crippen LogP contribution is -2.34. The molecule has 0 aliphatic rings. The van der Waals surface area contributed by atoms with Gasteiger partial charge in [0.25, 0.3) is 5.91 Å². The summed E-state index contributed by atoms with van der Waals surface area (Å²) in [4.78, 5) is 12.3. The Bertz CT molecular complexity index is 741. The summed E-state index contributed by atoms with van der Waals surface area (Å²) in [6.07, 6.45) is 0.959. The van der Waals surface area contributed by atoms with Gasteiger partial charge in [-0.1, -0.05) is 42.3 Å². The highest BCUT2D eigenvalue weighted by Crippen LogP contribution is 2.33. The van der Waals surface area contributed by atoms with Crippen LogP contribution in [0.5, 0.6) is 5.75 Å². The van der Waals surface area contributed by atoms with Gasteiger partial charge in [0.15, 0.2) is 10.9 Å². The molecule has 0 unspecified atom stereocenters. The number of methoxy groups -OCH3 is 1. The fourth-order valence-corrected chi connectivity index (χ4v) is 2.90. The zero-order valence-electron chi connectivity index (χ0n) is 13.2. The molecule has 2 rings (SSSR count). The summed E-state index contributed by atoms with van der Waals surface area (Å²) in [7, 11) is 1.45. The van der Waals surface area contributed by atoms with Gasteiger partial charge in [0.05, 0.1) is 17.2 Å². The molecule has 2 N–H and O–H groups in total. The number of carbonyl (C=O) groups is 1. The lowest BCUT2D eigenvalue weighted by Gasteiger charge is -2.11. The molecule has 0 spiro atoms. The number of halogens is 2. The quantitative estimate of drug-likeness (QED) is 0.752. The Morgan fingerprint density at radius 1 is 1.17 bits per heavy atom. The second-order valence-electron chi connectivity index (χ2n) is 4.93. The van der Waals surface area contributed by atoms with Gasteiger partial charge >= 0.3 is 0 Å². The summed E-state index contributed by atoms with van der Waals surface area (Å²) in [5.74, 6) is -0.0873. The third-order valence-electron chi connectivity index (χ3n) is 3.31. The van der Waals surface area contributed by atoms with Gasteiger partial charge in [0.2, 0.25) is 0 Å². The van der Waals surface area contributed by atoms with E-state index >= 15 is 0 Å². The number of benzene rings is 2. The molecule has 0 saturated carbocycles. The van der Waals surface area contributed by atoms with E-state index in [0.29, 0.717) is 5.75 Å². The van der Waals surface area contributed by atoms with E-state index in [2.05, 4.69) is 17.6 Å². The molecule has 1 amide bonds. The van der Waals surface area contributed by atoms with Gasteiger partial charge in [-0.3, -0.25) is 10.1 Å². The molecule has 4 nitrogen and oxygen atoms in total. The first-order chi connectivity index (χ1) is 11.4. The number of hydrogen-bond donors (Lipinski definition) is 2. The molecule has 7 heteroatoms. The first-order valence-electron chi connectivity index (χ1n) is 7.19. The number of carbonyl (C=O) groups excluding carboxylic acids is 1. The van der Waals surface area contributed by atoms with Crippen LogP contribution in [0.1, 0.15) is 22.8 Å². The third kappa shape index (κ3) is 4.60. The number of thiocarbonyl (C=S) groups is 1. The van der Waals surface area contributed by atoms with Crippen LogP contribution in [0.15, 0.2) is 36.4 Å². The van der Waals surface area contributed by atoms with Crippen molar-refractivity contribution in [1.29, 1.82) is 0 Å². The van der Waals surface area contributed by atoms with Gasteiger partial charge in [0.1, 0.15) is 0 Å². The van der Waals surface area contributed by atoms with E-state index in [-0.39, 0.29) is 20.7 Å². The lowest BCUT2D eigenvalue weighted by molar-refractivity contribution is 0.0977. The smallest absolute Gasteiger partial charge is 0.257 e. The largest absolute Gasteiger partial charge is 0.494 e. The van der Waals surface area contributed by atoms with Gasteiger partial charge in [-0.15, -0.1) is 0 Å². The molecule has 0 radical (unpaired) electrons. The molecule has 0 fully saturated rings. The maximum Gasteiger partial charge on any atom is 0.257 e. The molecule has 0 aromatic heterocycles. The topological polar surface area (TPSA) is 50.4 Å². The second kappa shape index (κ2) is 8.33. The van der Waals surface area contributed by atoms with Gasteiger partial charge in [-0.05, 0) is 48.5 Å². The van der Waals surface area contributed by atoms with Crippen molar-refractivity contribution < 1.29 is 9.53 Å². The van der Waals surface area contributed by atoms with Crippen molar-refractivity contribution in [3.05, 3.63) is 57.6 Å². The van der Waals surface area contributed by atoms with Gasteiger partial charge in [-0.2, -0.15) is 0 Å². The first kappa shape index (κ1) is 18.5. The number of ether oxygens (including phenoxy) is 1. The molecule has 126 valence electrons. The average molecular weight is 383 g/mol. The minimum atomic E-state index is -0.413. The highest BCUT2D eigenvalue weighted by molar-refractivity contribution is 7.80. The second-order valence-corrected chi connectivity index (χ2v) is 6.15. The van der Waals surface area contributed by atoms with Crippen LogP contribution in [0.2, 0.25) is 10.0 Å². The van der Waals surface area contributed by atoms with Crippen molar-refractivity contribution >= 4 is 52.1 Å². The minimum Gasteiger partial charge on any atom is -0.494 e. The maximum absolute atomic E-state index is 12.3. The predicted molar refractivity (Wildman–Crippen MR) is 103 cm³/mol. The molecule has 2 aromatic rings. The van der Waals surface area contributed by atoms with Gasteiger partial charge in [-0.25, -0.2) is 0 Å². The molecule has 0 aliphatic carbocycles. The van der Waals surface area contributed by atoms with Crippen LogP contribution in [0.4, 0.5) is 5.69 Å². The van der Waals surface area contributed by atoms with Gasteiger partial charge < -0.3 is 10.1 Å². The zero-order chi connectivity index (χ0) is 17.7. The molecule has 0 atom stereocenters. The molecule has 0 bridgehead atoms. The zero-order valence-corrected chi connectivity index (χ0v) is 15.5. The van der Waals surface area contributed by atoms with Crippen molar-refractivity contribution in [2.45, 2.75) is 13.3 Å². The highest BCUT2D eigenvalue weighted by atomic mass is 35.5. The Hall–Kier alpha value is -1.82. The molecular formula is C17H16Cl2N2O2S. The number of nitrogens with one attached hydrogen (secondary N) is 2. The van der Waals surface area contributed by atoms with Crippen molar-refractivity contribution in [2.24, 2.45) is 0 Å². The normalized spacial score (nSPS) is 10.2. The van der Waals surface area contributed by atoms with E-state index in [9.17, 15) is 4.79 Å². The standard InChI is InChI=1S/C17H16Cl2N2O2S/c1-3-10-4-6-12(7-5-10)20-17(24)21-16(22)11-8-13(18)15(23-2)14(19)9-11/h4-9H,3H2,1-2H3,(H2,20,21,22,24). The molecule has 0 saturated heterocycles. The van der Waals surface area contributed by atoms with Crippen LogP contribution >= 0.6 is 35.4 Å². The van der Waals surface area contributed by atoms with Crippen LogP contribution in [-0.4, -0.2) is 18.1 Å². The van der Waals surface area contributed by atoms with Crippen LogP contribution in [0.3, 0.4) is 0 Å². The predicted octanol–water partition coefficient (Wildman–Crippen LogP) is 4.69. The number of hydrogen-bond acceptors (Lipinski definition) is 3. The fraction of sp³-hybridized carbons (Fsp3) is 0.176. The highest BCUT2D eigenvalue weighted by Gasteiger charge is 2.14. The summed E-state index contributed by atoms with van der Waals surface area (Å²) in [5, 5.41) is 6.24. The number of rotatable bonds is 4. The van der Waals surface area contributed by atoms with Crippen molar-refractivity contribution in [2.75, 3.05) is 12.4 Å². The summed E-state index contributed by atoms with van der Waals surface area (Å²) >= 11 is 17.2. The fourth-order valence-electron chi connectivity index (χ4n) is 2.05. The van der Waals surface area contributed by atoms with Gasteiger partial charge in [0, 0.05) is 11.3 Å². The van der Waals surface area contributed by atoms with E-state index in [1.807, 2.05) is 24.3 Å². The van der Waals surface area contributed by atoms with E-state index in [1.54, 1.807) is 0 Å². The minimum absolute atomic E-state index is 0.187. The maximum atomic E-state index is 12.3. The summed E-state index contributed by atoms with van der Waals surface area (Å²) in [6, 6.07) is 10.7. The van der Waals surface area contributed by atoms with Crippen molar-refractivity contribution in [3.63, 3.8) is 0 Å². The van der Waals surface area contributed by atoms with Crippen LogP contribution in [0, 0.1) is 0 Å². The monoisotopic (exact) mass is 382 g/mol. The van der Waals surface area contributed by atoms with E-state index in [0.717, 1.165) is 12.1 Å². The number of aryl methyl sites for hydroxylation is 1. The number of anilines is 1. The van der Waals surface area contributed by atoms with Crippen LogP contribution in [-0.2, 0) is 6.42 Å². The Morgan fingerprint density at radius 3 is 2.25 bits per heavy atom. The SMILES string of the molecule is CCc1ccc(NC(=S)NC(=O)c2cc(Cl)c(OC)c(Cl)c2)cc1. The Morgan fingerprint density at radius 2 is 1.75 bits per heavy atom.